The van der Waals surface area contributed by atoms with Crippen LogP contribution >= 0.6 is 0 Å². The SMILES string of the molecule is CC(NC(=O)c1ccnc(CN)c1)c1ccncc1. The minimum atomic E-state index is -0.138. The van der Waals surface area contributed by atoms with Gasteiger partial charge in [-0.05, 0) is 36.8 Å². The predicted molar refractivity (Wildman–Crippen MR) is 72.2 cm³/mol. The highest BCUT2D eigenvalue weighted by atomic mass is 16.1. The van der Waals surface area contributed by atoms with E-state index >= 15 is 0 Å². The summed E-state index contributed by atoms with van der Waals surface area (Å²) in [5, 5.41) is 2.93. The summed E-state index contributed by atoms with van der Waals surface area (Å²) in [6.07, 6.45) is 5.00. The molecule has 98 valence electrons. The van der Waals surface area contributed by atoms with Crippen molar-refractivity contribution in [2.45, 2.75) is 19.5 Å². The minimum Gasteiger partial charge on any atom is -0.346 e. The maximum atomic E-state index is 12.1. The Balaban J connectivity index is 2.08. The molecule has 5 heteroatoms. The highest BCUT2D eigenvalue weighted by molar-refractivity contribution is 5.94. The van der Waals surface area contributed by atoms with Crippen molar-refractivity contribution in [2.75, 3.05) is 0 Å². The van der Waals surface area contributed by atoms with Crippen molar-refractivity contribution in [3.05, 3.63) is 59.7 Å². The van der Waals surface area contributed by atoms with Crippen molar-refractivity contribution in [3.63, 3.8) is 0 Å². The zero-order valence-corrected chi connectivity index (χ0v) is 10.7. The number of nitrogens with zero attached hydrogens (tertiary/aromatic N) is 2. The molecule has 0 spiro atoms. The van der Waals surface area contributed by atoms with E-state index in [4.69, 9.17) is 5.73 Å². The molecule has 2 aromatic heterocycles. The molecular weight excluding hydrogens is 240 g/mol. The first-order chi connectivity index (χ1) is 9.20. The second-order valence-corrected chi connectivity index (χ2v) is 4.22. The van der Waals surface area contributed by atoms with Crippen molar-refractivity contribution < 1.29 is 4.79 Å². The normalized spacial score (nSPS) is 11.9. The van der Waals surface area contributed by atoms with Gasteiger partial charge in [0.15, 0.2) is 0 Å². The summed E-state index contributed by atoms with van der Waals surface area (Å²) in [6, 6.07) is 7.05. The number of pyridine rings is 2. The van der Waals surface area contributed by atoms with Crippen LogP contribution in [0.5, 0.6) is 0 Å². The van der Waals surface area contributed by atoms with Crippen LogP contribution in [0.1, 0.15) is 34.6 Å². The lowest BCUT2D eigenvalue weighted by atomic mass is 10.1. The molecule has 0 radical (unpaired) electrons. The summed E-state index contributed by atoms with van der Waals surface area (Å²) in [5.41, 5.74) is 7.79. The van der Waals surface area contributed by atoms with Crippen LogP contribution < -0.4 is 11.1 Å². The van der Waals surface area contributed by atoms with Gasteiger partial charge in [0.25, 0.3) is 5.91 Å². The topological polar surface area (TPSA) is 80.9 Å². The van der Waals surface area contributed by atoms with Crippen LogP contribution in [-0.4, -0.2) is 15.9 Å². The Labute approximate surface area is 111 Å². The number of carbonyl (C=O) groups is 1. The Hall–Kier alpha value is -2.27. The molecule has 5 nitrogen and oxygen atoms in total. The number of aromatic nitrogens is 2. The smallest absolute Gasteiger partial charge is 0.251 e. The highest BCUT2D eigenvalue weighted by Crippen LogP contribution is 2.11. The number of hydrogen-bond donors (Lipinski definition) is 2. The quantitative estimate of drug-likeness (QED) is 0.867. The molecule has 2 heterocycles. The maximum absolute atomic E-state index is 12.1. The fourth-order valence-electron chi connectivity index (χ4n) is 1.75. The third kappa shape index (κ3) is 3.35. The second kappa shape index (κ2) is 6.06. The van der Waals surface area contributed by atoms with Gasteiger partial charge < -0.3 is 11.1 Å². The van der Waals surface area contributed by atoms with Gasteiger partial charge in [-0.2, -0.15) is 0 Å². The molecule has 0 aliphatic carbocycles. The average molecular weight is 256 g/mol. The average Bonchev–Trinajstić information content (AvgIpc) is 2.48. The van der Waals surface area contributed by atoms with E-state index in [1.807, 2.05) is 19.1 Å². The number of carbonyl (C=O) groups excluding carboxylic acids is 1. The van der Waals surface area contributed by atoms with Crippen LogP contribution in [-0.2, 0) is 6.54 Å². The molecule has 0 bridgehead atoms. The fourth-order valence-corrected chi connectivity index (χ4v) is 1.75. The first-order valence-corrected chi connectivity index (χ1v) is 6.06. The lowest BCUT2D eigenvalue weighted by Gasteiger charge is -2.14. The number of nitrogens with two attached hydrogens (primary N) is 1. The van der Waals surface area contributed by atoms with E-state index in [9.17, 15) is 4.79 Å². The van der Waals surface area contributed by atoms with Crippen molar-refractivity contribution in [3.8, 4) is 0 Å². The Bertz CT molecular complexity index is 556. The van der Waals surface area contributed by atoms with Crippen molar-refractivity contribution in [1.82, 2.24) is 15.3 Å². The van der Waals surface area contributed by atoms with Gasteiger partial charge in [0, 0.05) is 30.7 Å². The van der Waals surface area contributed by atoms with Crippen LogP contribution in [0.15, 0.2) is 42.9 Å². The molecule has 0 saturated heterocycles. The highest BCUT2D eigenvalue weighted by Gasteiger charge is 2.11. The van der Waals surface area contributed by atoms with E-state index in [2.05, 4.69) is 15.3 Å². The third-order valence-corrected chi connectivity index (χ3v) is 2.84. The summed E-state index contributed by atoms with van der Waals surface area (Å²) >= 11 is 0. The van der Waals surface area contributed by atoms with E-state index in [0.29, 0.717) is 17.8 Å². The molecule has 1 amide bonds. The van der Waals surface area contributed by atoms with E-state index in [-0.39, 0.29) is 11.9 Å². The molecule has 0 fully saturated rings. The largest absolute Gasteiger partial charge is 0.346 e. The molecule has 3 N–H and O–H groups in total. The van der Waals surface area contributed by atoms with Gasteiger partial charge in [-0.15, -0.1) is 0 Å². The van der Waals surface area contributed by atoms with Crippen LogP contribution in [0.4, 0.5) is 0 Å². The molecule has 2 aromatic rings. The Kier molecular flexibility index (Phi) is 4.20. The predicted octanol–water partition coefficient (Wildman–Crippen LogP) is 1.43. The van der Waals surface area contributed by atoms with Crippen molar-refractivity contribution in [1.29, 1.82) is 0 Å². The van der Waals surface area contributed by atoms with Crippen LogP contribution in [0, 0.1) is 0 Å². The Morgan fingerprint density at radius 2 is 2.05 bits per heavy atom. The monoisotopic (exact) mass is 256 g/mol. The lowest BCUT2D eigenvalue weighted by molar-refractivity contribution is 0.0939. The van der Waals surface area contributed by atoms with Gasteiger partial charge in [0.1, 0.15) is 0 Å². The zero-order chi connectivity index (χ0) is 13.7. The fraction of sp³-hybridized carbons (Fsp3) is 0.214. The Morgan fingerprint density at radius 3 is 2.74 bits per heavy atom. The maximum Gasteiger partial charge on any atom is 0.251 e. The van der Waals surface area contributed by atoms with Crippen LogP contribution in [0.3, 0.4) is 0 Å². The van der Waals surface area contributed by atoms with E-state index in [0.717, 1.165) is 5.56 Å². The summed E-state index contributed by atoms with van der Waals surface area (Å²) in [7, 11) is 0. The van der Waals surface area contributed by atoms with E-state index < -0.39 is 0 Å². The van der Waals surface area contributed by atoms with Crippen molar-refractivity contribution >= 4 is 5.91 Å². The van der Waals surface area contributed by atoms with Crippen LogP contribution in [0.25, 0.3) is 0 Å². The standard InChI is InChI=1S/C14H16N4O/c1-10(11-2-5-16-6-3-11)18-14(19)12-4-7-17-13(8-12)9-15/h2-8,10H,9,15H2,1H3,(H,18,19). The summed E-state index contributed by atoms with van der Waals surface area (Å²) in [6.45, 7) is 2.25. The van der Waals surface area contributed by atoms with Gasteiger partial charge in [-0.1, -0.05) is 0 Å². The molecule has 1 unspecified atom stereocenters. The van der Waals surface area contributed by atoms with Gasteiger partial charge in [-0.3, -0.25) is 14.8 Å². The first kappa shape index (κ1) is 13.2. The molecule has 0 aliphatic heterocycles. The number of nitrogens with one attached hydrogen (secondary N) is 1. The van der Waals surface area contributed by atoms with Crippen LogP contribution in [0.2, 0.25) is 0 Å². The number of rotatable bonds is 4. The van der Waals surface area contributed by atoms with Crippen molar-refractivity contribution in [2.24, 2.45) is 5.73 Å². The van der Waals surface area contributed by atoms with Gasteiger partial charge >= 0.3 is 0 Å². The number of amides is 1. The summed E-state index contributed by atoms with van der Waals surface area (Å²) < 4.78 is 0. The third-order valence-electron chi connectivity index (χ3n) is 2.84. The molecule has 0 aromatic carbocycles. The van der Waals surface area contributed by atoms with E-state index in [1.165, 1.54) is 0 Å². The Morgan fingerprint density at radius 1 is 1.32 bits per heavy atom. The number of hydrogen-bond acceptors (Lipinski definition) is 4. The molecule has 1 atom stereocenters. The molecule has 2 rings (SSSR count). The zero-order valence-electron chi connectivity index (χ0n) is 10.7. The minimum absolute atomic E-state index is 0.0787. The summed E-state index contributed by atoms with van der Waals surface area (Å²) in [4.78, 5) is 20.1. The molecular formula is C14H16N4O. The van der Waals surface area contributed by atoms with Gasteiger partial charge in [-0.25, -0.2) is 0 Å². The second-order valence-electron chi connectivity index (χ2n) is 4.22. The lowest BCUT2D eigenvalue weighted by Crippen LogP contribution is -2.26. The molecule has 0 saturated carbocycles. The first-order valence-electron chi connectivity index (χ1n) is 6.06. The molecule has 0 aliphatic rings. The van der Waals surface area contributed by atoms with E-state index in [1.54, 1.807) is 30.7 Å². The summed E-state index contributed by atoms with van der Waals surface area (Å²) in [5.74, 6) is -0.138. The molecule has 19 heavy (non-hydrogen) atoms. The van der Waals surface area contributed by atoms with Gasteiger partial charge in [0.05, 0.1) is 11.7 Å². The van der Waals surface area contributed by atoms with Gasteiger partial charge in [0.2, 0.25) is 0 Å².